The number of nitrogens with zero attached hydrogens (tertiary/aromatic N) is 2. The molecule has 0 bridgehead atoms. The lowest BCUT2D eigenvalue weighted by Crippen LogP contribution is -2.23. The first-order valence-electron chi connectivity index (χ1n) is 11.3. The molecule has 2 amide bonds. The van der Waals surface area contributed by atoms with Crippen molar-refractivity contribution in [1.29, 1.82) is 0 Å². The van der Waals surface area contributed by atoms with Crippen molar-refractivity contribution in [1.82, 2.24) is 20.5 Å². The van der Waals surface area contributed by atoms with Gasteiger partial charge in [0.05, 0.1) is 14.2 Å². The third-order valence-corrected chi connectivity index (χ3v) is 5.52. The first-order valence-corrected chi connectivity index (χ1v) is 11.3. The van der Waals surface area contributed by atoms with Crippen molar-refractivity contribution in [2.45, 2.75) is 19.9 Å². The predicted octanol–water partition coefficient (Wildman–Crippen LogP) is 3.90. The van der Waals surface area contributed by atoms with E-state index in [-0.39, 0.29) is 18.4 Å². The van der Waals surface area contributed by atoms with Crippen LogP contribution in [-0.2, 0) is 13.0 Å². The number of anilines is 1. The van der Waals surface area contributed by atoms with Crippen LogP contribution >= 0.6 is 0 Å². The minimum absolute atomic E-state index is 0.235. The summed E-state index contributed by atoms with van der Waals surface area (Å²) >= 11 is 0. The van der Waals surface area contributed by atoms with E-state index in [0.717, 1.165) is 22.8 Å². The molecule has 0 spiro atoms. The fourth-order valence-corrected chi connectivity index (χ4v) is 3.66. The van der Waals surface area contributed by atoms with Crippen molar-refractivity contribution in [2.24, 2.45) is 0 Å². The topological polar surface area (TPSA) is 118 Å². The van der Waals surface area contributed by atoms with Crippen molar-refractivity contribution in [3.05, 3.63) is 101 Å². The number of carbonyl (C=O) groups excluding carboxylic acids is 2. The number of ether oxygens (including phenoxy) is 2. The molecular weight excluding hydrogens is 458 g/mol. The molecule has 9 nitrogen and oxygen atoms in total. The number of nitrogens with one attached hydrogen (secondary N) is 3. The third kappa shape index (κ3) is 6.06. The van der Waals surface area contributed by atoms with E-state index in [9.17, 15) is 9.59 Å². The highest BCUT2D eigenvalue weighted by Gasteiger charge is 2.12. The van der Waals surface area contributed by atoms with Gasteiger partial charge >= 0.3 is 0 Å². The van der Waals surface area contributed by atoms with Crippen molar-refractivity contribution in [3.63, 3.8) is 0 Å². The Morgan fingerprint density at radius 3 is 2.28 bits per heavy atom. The zero-order valence-corrected chi connectivity index (χ0v) is 20.3. The van der Waals surface area contributed by atoms with Crippen LogP contribution in [0.1, 0.15) is 43.5 Å². The smallest absolute Gasteiger partial charge is 0.255 e. The van der Waals surface area contributed by atoms with Crippen molar-refractivity contribution >= 4 is 17.5 Å². The third-order valence-electron chi connectivity index (χ3n) is 5.52. The minimum Gasteiger partial charge on any atom is -0.493 e. The predicted molar refractivity (Wildman–Crippen MR) is 135 cm³/mol. The van der Waals surface area contributed by atoms with Gasteiger partial charge in [-0.15, -0.1) is 10.2 Å². The molecule has 1 aromatic heterocycles. The van der Waals surface area contributed by atoms with Crippen LogP contribution in [0.15, 0.2) is 66.7 Å². The Hall–Kier alpha value is -4.66. The van der Waals surface area contributed by atoms with E-state index >= 15 is 0 Å². The van der Waals surface area contributed by atoms with Gasteiger partial charge in [0.1, 0.15) is 11.6 Å². The van der Waals surface area contributed by atoms with E-state index in [1.807, 2.05) is 37.3 Å². The molecule has 1 heterocycles. The average molecular weight is 486 g/mol. The second kappa shape index (κ2) is 11.2. The summed E-state index contributed by atoms with van der Waals surface area (Å²) in [7, 11) is 3.06. The van der Waals surface area contributed by atoms with Crippen LogP contribution in [0, 0.1) is 6.92 Å². The molecule has 0 fully saturated rings. The van der Waals surface area contributed by atoms with Crippen LogP contribution in [0.4, 0.5) is 5.69 Å². The largest absolute Gasteiger partial charge is 0.493 e. The summed E-state index contributed by atoms with van der Waals surface area (Å²) in [5.74, 6) is 2.10. The van der Waals surface area contributed by atoms with Crippen LogP contribution in [-0.4, -0.2) is 41.2 Å². The summed E-state index contributed by atoms with van der Waals surface area (Å²) in [6.07, 6.45) is 0.631. The fourth-order valence-electron chi connectivity index (χ4n) is 3.66. The molecule has 0 aliphatic rings. The lowest BCUT2D eigenvalue weighted by atomic mass is 10.1. The lowest BCUT2D eigenvalue weighted by molar-refractivity contribution is 0.0950. The van der Waals surface area contributed by atoms with Gasteiger partial charge in [0.15, 0.2) is 11.5 Å². The normalized spacial score (nSPS) is 10.5. The summed E-state index contributed by atoms with van der Waals surface area (Å²) in [5.41, 5.74) is 3.48. The minimum atomic E-state index is -0.258. The van der Waals surface area contributed by atoms with Gasteiger partial charge in [-0.2, -0.15) is 0 Å². The lowest BCUT2D eigenvalue weighted by Gasteiger charge is -2.11. The molecule has 4 rings (SSSR count). The molecule has 0 aliphatic carbocycles. The highest BCUT2D eigenvalue weighted by Crippen LogP contribution is 2.27. The molecule has 0 unspecified atom stereocenters. The van der Waals surface area contributed by atoms with E-state index in [1.54, 1.807) is 36.4 Å². The molecule has 9 heteroatoms. The number of hydrogen-bond acceptors (Lipinski definition) is 6. The van der Waals surface area contributed by atoms with Crippen LogP contribution in [0.3, 0.4) is 0 Å². The zero-order valence-electron chi connectivity index (χ0n) is 20.3. The Bertz CT molecular complexity index is 1360. The summed E-state index contributed by atoms with van der Waals surface area (Å²) < 4.78 is 10.5. The van der Waals surface area contributed by atoms with Crippen LogP contribution in [0.5, 0.6) is 11.5 Å². The maximum atomic E-state index is 12.8. The van der Waals surface area contributed by atoms with Crippen LogP contribution in [0.2, 0.25) is 0 Å². The number of H-pyrrole nitrogens is 1. The molecule has 0 radical (unpaired) electrons. The molecule has 0 aliphatic heterocycles. The van der Waals surface area contributed by atoms with Gasteiger partial charge in [0.25, 0.3) is 11.8 Å². The summed E-state index contributed by atoms with van der Waals surface area (Å²) in [6, 6.07) is 19.7. The Kier molecular flexibility index (Phi) is 7.60. The first-order chi connectivity index (χ1) is 17.4. The standard InChI is InChI=1S/C27H27N5O4/c1-17-29-25(32-31-17)14-18-7-10-22(11-8-18)30-27(34)20-6-4-5-19(13-20)16-28-26(33)21-9-12-23(35-2)24(15-21)36-3/h4-13,15H,14,16H2,1-3H3,(H,28,33)(H,30,34)(H,29,31,32). The molecule has 184 valence electrons. The number of methoxy groups -OCH3 is 2. The van der Waals surface area contributed by atoms with Gasteiger partial charge in [-0.25, -0.2) is 0 Å². The van der Waals surface area contributed by atoms with E-state index in [4.69, 9.17) is 9.47 Å². The van der Waals surface area contributed by atoms with Gasteiger partial charge < -0.3 is 25.1 Å². The van der Waals surface area contributed by atoms with Gasteiger partial charge in [-0.3, -0.25) is 9.59 Å². The highest BCUT2D eigenvalue weighted by atomic mass is 16.5. The number of aromatic nitrogens is 3. The Labute approximate surface area is 208 Å². The van der Waals surface area contributed by atoms with Crippen LogP contribution in [0.25, 0.3) is 0 Å². The van der Waals surface area contributed by atoms with Gasteiger partial charge in [0, 0.05) is 29.8 Å². The van der Waals surface area contributed by atoms with E-state index in [1.165, 1.54) is 14.2 Å². The summed E-state index contributed by atoms with van der Waals surface area (Å²) in [6.45, 7) is 2.13. The van der Waals surface area contributed by atoms with Gasteiger partial charge in [0.2, 0.25) is 0 Å². The number of amides is 2. The molecule has 0 atom stereocenters. The second-order valence-corrected chi connectivity index (χ2v) is 8.14. The van der Waals surface area contributed by atoms with Crippen molar-refractivity contribution in [3.8, 4) is 11.5 Å². The average Bonchev–Trinajstić information content (AvgIpc) is 3.32. The molecule has 3 N–H and O–H groups in total. The summed E-state index contributed by atoms with van der Waals surface area (Å²) in [5, 5.41) is 13.8. The fraction of sp³-hybridized carbons (Fsp3) is 0.185. The molecule has 0 saturated heterocycles. The molecule has 0 saturated carbocycles. The Balaban J connectivity index is 1.35. The number of carbonyl (C=O) groups is 2. The molecule has 36 heavy (non-hydrogen) atoms. The van der Waals surface area contributed by atoms with E-state index in [2.05, 4.69) is 25.8 Å². The second-order valence-electron chi connectivity index (χ2n) is 8.14. The monoisotopic (exact) mass is 485 g/mol. The number of aromatic amines is 1. The first kappa shape index (κ1) is 24.5. The van der Waals surface area contributed by atoms with E-state index < -0.39 is 0 Å². The number of hydrogen-bond donors (Lipinski definition) is 3. The Morgan fingerprint density at radius 1 is 0.833 bits per heavy atom. The number of benzene rings is 3. The molecular formula is C27H27N5O4. The van der Waals surface area contributed by atoms with Gasteiger partial charge in [-0.1, -0.05) is 24.3 Å². The van der Waals surface area contributed by atoms with Crippen molar-refractivity contribution in [2.75, 3.05) is 19.5 Å². The van der Waals surface area contributed by atoms with Crippen molar-refractivity contribution < 1.29 is 19.1 Å². The number of aryl methyl sites for hydroxylation is 1. The Morgan fingerprint density at radius 2 is 1.58 bits per heavy atom. The van der Waals surface area contributed by atoms with E-state index in [0.29, 0.717) is 34.7 Å². The SMILES string of the molecule is COc1ccc(C(=O)NCc2cccc(C(=O)Nc3ccc(Cc4nnc(C)[nH]4)cc3)c2)cc1OC. The molecule has 4 aromatic rings. The maximum Gasteiger partial charge on any atom is 0.255 e. The summed E-state index contributed by atoms with van der Waals surface area (Å²) in [4.78, 5) is 28.5. The molecule has 3 aromatic carbocycles. The number of rotatable bonds is 9. The van der Waals surface area contributed by atoms with Crippen LogP contribution < -0.4 is 20.1 Å². The highest BCUT2D eigenvalue weighted by molar-refractivity contribution is 6.04. The quantitative estimate of drug-likeness (QED) is 0.331. The van der Waals surface area contributed by atoms with Gasteiger partial charge in [-0.05, 0) is 60.5 Å². The zero-order chi connectivity index (χ0) is 25.5. The maximum absolute atomic E-state index is 12.8.